The van der Waals surface area contributed by atoms with Crippen LogP contribution >= 0.6 is 0 Å². The summed E-state index contributed by atoms with van der Waals surface area (Å²) in [6, 6.07) is 25.0. The van der Waals surface area contributed by atoms with Crippen LogP contribution in [0.5, 0.6) is 5.75 Å². The molecule has 1 atom stereocenters. The largest absolute Gasteiger partial charge is 0.489 e. The van der Waals surface area contributed by atoms with Crippen molar-refractivity contribution in [2.45, 2.75) is 58.1 Å². The zero-order chi connectivity index (χ0) is 29.0. The van der Waals surface area contributed by atoms with E-state index in [2.05, 4.69) is 36.5 Å². The first-order valence-corrected chi connectivity index (χ1v) is 14.4. The number of likely N-dealkylation sites (tertiary alicyclic amines) is 1. The topological polar surface area (TPSA) is 84.9 Å². The summed E-state index contributed by atoms with van der Waals surface area (Å²) in [6.45, 7) is 3.84. The van der Waals surface area contributed by atoms with E-state index < -0.39 is 12.0 Å². The van der Waals surface area contributed by atoms with E-state index in [1.807, 2.05) is 59.5 Å². The van der Waals surface area contributed by atoms with Crippen molar-refractivity contribution in [2.24, 2.45) is 5.92 Å². The number of benzene rings is 3. The van der Waals surface area contributed by atoms with Gasteiger partial charge in [-0.25, -0.2) is 4.79 Å². The van der Waals surface area contributed by atoms with Gasteiger partial charge in [0.05, 0.1) is 7.11 Å². The van der Waals surface area contributed by atoms with E-state index in [0.717, 1.165) is 36.1 Å². The molecule has 216 valence electrons. The highest BCUT2D eigenvalue weighted by Crippen LogP contribution is 2.22. The Balaban J connectivity index is 1.20. The zero-order valence-corrected chi connectivity index (χ0v) is 24.0. The van der Waals surface area contributed by atoms with Gasteiger partial charge in [0.15, 0.2) is 0 Å². The molecule has 7 nitrogen and oxygen atoms in total. The lowest BCUT2D eigenvalue weighted by Crippen LogP contribution is -2.44. The molecule has 1 aliphatic rings. The number of amides is 2. The number of methoxy groups -OCH3 is 1. The molecule has 1 aliphatic heterocycles. The molecule has 0 aromatic heterocycles. The summed E-state index contributed by atoms with van der Waals surface area (Å²) in [5.41, 5.74) is 4.36. The van der Waals surface area contributed by atoms with Crippen molar-refractivity contribution in [3.05, 3.63) is 101 Å². The van der Waals surface area contributed by atoms with Crippen LogP contribution < -0.4 is 10.1 Å². The maximum Gasteiger partial charge on any atom is 0.328 e. The van der Waals surface area contributed by atoms with Crippen molar-refractivity contribution in [1.29, 1.82) is 0 Å². The number of esters is 1. The van der Waals surface area contributed by atoms with E-state index in [4.69, 9.17) is 9.47 Å². The first kappa shape index (κ1) is 29.8. The minimum absolute atomic E-state index is 0.163. The molecule has 1 saturated heterocycles. The molecule has 1 fully saturated rings. The third-order valence-corrected chi connectivity index (χ3v) is 7.62. The van der Waals surface area contributed by atoms with E-state index in [1.165, 1.54) is 18.2 Å². The van der Waals surface area contributed by atoms with Crippen LogP contribution in [0.2, 0.25) is 0 Å². The molecule has 4 rings (SSSR count). The summed E-state index contributed by atoms with van der Waals surface area (Å²) in [7, 11) is 1.33. The maximum absolute atomic E-state index is 12.9. The Morgan fingerprint density at radius 3 is 2.20 bits per heavy atom. The molecular formula is C34H40N2O5. The minimum atomic E-state index is -0.771. The highest BCUT2D eigenvalue weighted by Gasteiger charge is 2.27. The van der Waals surface area contributed by atoms with Crippen LogP contribution in [0.25, 0.3) is 0 Å². The zero-order valence-electron chi connectivity index (χ0n) is 24.0. The summed E-state index contributed by atoms with van der Waals surface area (Å²) in [4.78, 5) is 40.0. The molecule has 0 unspecified atom stereocenters. The molecule has 2 amide bonds. The fourth-order valence-corrected chi connectivity index (χ4v) is 5.10. The molecule has 3 aromatic carbocycles. The Kier molecular flexibility index (Phi) is 10.9. The third-order valence-electron chi connectivity index (χ3n) is 7.62. The summed E-state index contributed by atoms with van der Waals surface area (Å²) < 4.78 is 10.8. The number of nitrogens with one attached hydrogen (secondary N) is 1. The van der Waals surface area contributed by atoms with Crippen LogP contribution in [-0.4, -0.2) is 48.9 Å². The second-order valence-electron chi connectivity index (χ2n) is 10.8. The van der Waals surface area contributed by atoms with Gasteiger partial charge in [0.2, 0.25) is 11.8 Å². The van der Waals surface area contributed by atoms with Crippen molar-refractivity contribution in [2.75, 3.05) is 20.2 Å². The van der Waals surface area contributed by atoms with Crippen molar-refractivity contribution < 1.29 is 23.9 Å². The Morgan fingerprint density at radius 2 is 1.54 bits per heavy atom. The van der Waals surface area contributed by atoms with E-state index in [9.17, 15) is 14.4 Å². The lowest BCUT2D eigenvalue weighted by molar-refractivity contribution is -0.145. The number of hydrogen-bond donors (Lipinski definition) is 1. The van der Waals surface area contributed by atoms with Gasteiger partial charge < -0.3 is 19.7 Å². The second kappa shape index (κ2) is 15.0. The van der Waals surface area contributed by atoms with E-state index >= 15 is 0 Å². The molecule has 3 aromatic rings. The fourth-order valence-electron chi connectivity index (χ4n) is 5.10. The average Bonchev–Trinajstić information content (AvgIpc) is 3.00. The predicted octanol–water partition coefficient (Wildman–Crippen LogP) is 5.04. The molecule has 0 bridgehead atoms. The smallest absolute Gasteiger partial charge is 0.328 e. The SMILES string of the molecule is COC(=O)[C@H](Cc1ccc(OCc2ccccc2)cc1)NC(=O)CC1CCN(C(=O)CCc2ccc(C)cc2)CC1. The van der Waals surface area contributed by atoms with E-state index in [-0.39, 0.29) is 17.7 Å². The van der Waals surface area contributed by atoms with Crippen molar-refractivity contribution in [3.63, 3.8) is 0 Å². The normalized spacial score (nSPS) is 14.2. The molecule has 0 aliphatic carbocycles. The van der Waals surface area contributed by atoms with Crippen LogP contribution in [0.4, 0.5) is 0 Å². The first-order chi connectivity index (χ1) is 19.9. The van der Waals surface area contributed by atoms with Gasteiger partial charge in [-0.3, -0.25) is 9.59 Å². The maximum atomic E-state index is 12.9. The first-order valence-electron chi connectivity index (χ1n) is 14.4. The molecule has 41 heavy (non-hydrogen) atoms. The van der Waals surface area contributed by atoms with Crippen LogP contribution in [0.1, 0.15) is 47.9 Å². The van der Waals surface area contributed by atoms with Crippen molar-refractivity contribution in [1.82, 2.24) is 10.2 Å². The molecule has 7 heteroatoms. The fraction of sp³-hybridized carbons (Fsp3) is 0.382. The molecule has 1 heterocycles. The van der Waals surface area contributed by atoms with Gasteiger partial charge in [0.25, 0.3) is 0 Å². The number of rotatable bonds is 12. The molecule has 1 N–H and O–H groups in total. The minimum Gasteiger partial charge on any atom is -0.489 e. The highest BCUT2D eigenvalue weighted by atomic mass is 16.5. The Labute approximate surface area is 242 Å². The number of piperidine rings is 1. The van der Waals surface area contributed by atoms with Gasteiger partial charge in [0.1, 0.15) is 18.4 Å². The lowest BCUT2D eigenvalue weighted by atomic mass is 9.92. The van der Waals surface area contributed by atoms with Gasteiger partial charge >= 0.3 is 5.97 Å². The van der Waals surface area contributed by atoms with Gasteiger partial charge in [-0.15, -0.1) is 0 Å². The Bertz CT molecular complexity index is 1270. The summed E-state index contributed by atoms with van der Waals surface area (Å²) >= 11 is 0. The molecule has 0 spiro atoms. The second-order valence-corrected chi connectivity index (χ2v) is 10.8. The number of carbonyl (C=O) groups is 3. The number of aryl methyl sites for hydroxylation is 2. The number of carbonyl (C=O) groups excluding carboxylic acids is 3. The monoisotopic (exact) mass is 556 g/mol. The van der Waals surface area contributed by atoms with Crippen LogP contribution in [0, 0.1) is 12.8 Å². The van der Waals surface area contributed by atoms with E-state index in [0.29, 0.717) is 39.0 Å². The summed E-state index contributed by atoms with van der Waals surface area (Å²) in [5.74, 6) is 0.423. The predicted molar refractivity (Wildman–Crippen MR) is 158 cm³/mol. The van der Waals surface area contributed by atoms with Crippen LogP contribution in [0.3, 0.4) is 0 Å². The number of hydrogen-bond acceptors (Lipinski definition) is 5. The molecule has 0 saturated carbocycles. The lowest BCUT2D eigenvalue weighted by Gasteiger charge is -2.32. The van der Waals surface area contributed by atoms with Crippen LogP contribution in [-0.2, 0) is 38.6 Å². The Hall–Kier alpha value is -4.13. The quantitative estimate of drug-likeness (QED) is 0.316. The van der Waals surface area contributed by atoms with Crippen molar-refractivity contribution >= 4 is 17.8 Å². The van der Waals surface area contributed by atoms with Gasteiger partial charge in [-0.2, -0.15) is 0 Å². The van der Waals surface area contributed by atoms with Gasteiger partial charge in [-0.1, -0.05) is 72.3 Å². The number of nitrogens with zero attached hydrogens (tertiary/aromatic N) is 1. The summed E-state index contributed by atoms with van der Waals surface area (Å²) in [6.07, 6.45) is 3.43. The van der Waals surface area contributed by atoms with Crippen LogP contribution in [0.15, 0.2) is 78.9 Å². The third kappa shape index (κ3) is 9.48. The number of ether oxygens (including phenoxy) is 2. The summed E-state index contributed by atoms with van der Waals surface area (Å²) in [5, 5.41) is 2.88. The average molecular weight is 557 g/mol. The molecular weight excluding hydrogens is 516 g/mol. The Morgan fingerprint density at radius 1 is 0.878 bits per heavy atom. The highest BCUT2D eigenvalue weighted by molar-refractivity contribution is 5.84. The van der Waals surface area contributed by atoms with E-state index in [1.54, 1.807) is 0 Å². The van der Waals surface area contributed by atoms with Crippen molar-refractivity contribution in [3.8, 4) is 5.75 Å². The van der Waals surface area contributed by atoms with Gasteiger partial charge in [0, 0.05) is 32.4 Å². The molecule has 0 radical (unpaired) electrons. The van der Waals surface area contributed by atoms with Gasteiger partial charge in [-0.05, 0) is 60.9 Å². The standard InChI is InChI=1S/C34H40N2O5/c1-25-8-10-26(11-9-25)14-17-33(38)36-20-18-28(19-21-36)23-32(37)35-31(34(39)40-2)22-27-12-15-30(16-13-27)41-24-29-6-4-3-5-7-29/h3-13,15-16,28,31H,14,17-24H2,1-2H3,(H,35,37)/t31-/m0/s1.